The minimum absolute atomic E-state index is 0.230. The Hall–Kier alpha value is -0.590. The fraction of sp³-hybridized carbons (Fsp3) is 0.875. The van der Waals surface area contributed by atoms with E-state index in [0.29, 0.717) is 0 Å². The highest BCUT2D eigenvalue weighted by atomic mass is 16.7. The fourth-order valence-corrected chi connectivity index (χ4v) is 1.41. The summed E-state index contributed by atoms with van der Waals surface area (Å²) in [6, 6.07) is 2.21. The lowest BCUT2D eigenvalue weighted by molar-refractivity contribution is -0.101. The zero-order valence-corrected chi connectivity index (χ0v) is 6.80. The summed E-state index contributed by atoms with van der Waals surface area (Å²) < 4.78 is 10.1. The summed E-state index contributed by atoms with van der Waals surface area (Å²) in [6.07, 6.45) is 3.90. The van der Waals surface area contributed by atoms with Crippen molar-refractivity contribution in [3.8, 4) is 6.07 Å². The predicted octanol–water partition coefficient (Wildman–Crippen LogP) is 1.44. The molecule has 11 heavy (non-hydrogen) atoms. The number of rotatable bonds is 3. The molecule has 1 saturated carbocycles. The lowest BCUT2D eigenvalue weighted by atomic mass is 10.1. The Morgan fingerprint density at radius 2 is 2.09 bits per heavy atom. The molecular weight excluding hydrogens is 142 g/mol. The third-order valence-electron chi connectivity index (χ3n) is 2.07. The number of nitriles is 1. The normalized spacial score (nSPS) is 21.5. The molecule has 0 bridgehead atoms. The van der Waals surface area contributed by atoms with E-state index < -0.39 is 5.60 Å². The molecule has 0 spiro atoms. The molecule has 0 aromatic carbocycles. The quantitative estimate of drug-likeness (QED) is 0.579. The van der Waals surface area contributed by atoms with E-state index in [1.54, 1.807) is 7.11 Å². The maximum atomic E-state index is 8.81. The van der Waals surface area contributed by atoms with Crippen LogP contribution in [0, 0.1) is 11.3 Å². The van der Waals surface area contributed by atoms with Gasteiger partial charge < -0.3 is 9.47 Å². The van der Waals surface area contributed by atoms with Crippen LogP contribution in [0.5, 0.6) is 0 Å². The van der Waals surface area contributed by atoms with Crippen LogP contribution >= 0.6 is 0 Å². The minimum atomic E-state index is -0.532. The Morgan fingerprint density at radius 3 is 2.55 bits per heavy atom. The second kappa shape index (κ2) is 3.70. The summed E-state index contributed by atoms with van der Waals surface area (Å²) in [5.41, 5.74) is -0.532. The highest BCUT2D eigenvalue weighted by Gasteiger charge is 2.34. The zero-order valence-electron chi connectivity index (χ0n) is 6.80. The zero-order chi connectivity index (χ0) is 8.16. The molecule has 0 saturated heterocycles. The van der Waals surface area contributed by atoms with Gasteiger partial charge in [0.1, 0.15) is 6.79 Å². The van der Waals surface area contributed by atoms with Crippen LogP contribution in [0.2, 0.25) is 0 Å². The number of ether oxygens (including phenoxy) is 2. The maximum absolute atomic E-state index is 8.81. The van der Waals surface area contributed by atoms with Crippen molar-refractivity contribution in [3.63, 3.8) is 0 Å². The molecule has 0 aliphatic heterocycles. The first kappa shape index (κ1) is 8.51. The molecule has 62 valence electrons. The van der Waals surface area contributed by atoms with Crippen LogP contribution in [0.25, 0.3) is 0 Å². The van der Waals surface area contributed by atoms with Gasteiger partial charge in [-0.05, 0) is 25.7 Å². The van der Waals surface area contributed by atoms with Crippen LogP contribution in [-0.4, -0.2) is 19.5 Å². The molecular formula is C8H13NO2. The number of nitrogens with zero attached hydrogens (tertiary/aromatic N) is 1. The summed E-state index contributed by atoms with van der Waals surface area (Å²) in [5.74, 6) is 0. The first-order chi connectivity index (χ1) is 5.33. The molecule has 0 amide bonds. The standard InChI is InChI=1S/C8H13NO2/c1-10-7-11-8(6-9)4-2-3-5-8/h2-5,7H2,1H3. The molecule has 0 atom stereocenters. The third-order valence-corrected chi connectivity index (χ3v) is 2.07. The second-order valence-electron chi connectivity index (χ2n) is 2.86. The second-order valence-corrected chi connectivity index (χ2v) is 2.86. The van der Waals surface area contributed by atoms with Gasteiger partial charge >= 0.3 is 0 Å². The molecule has 0 N–H and O–H groups in total. The van der Waals surface area contributed by atoms with E-state index in [4.69, 9.17) is 14.7 Å². The van der Waals surface area contributed by atoms with E-state index in [1.807, 2.05) is 0 Å². The Kier molecular flexibility index (Phi) is 2.86. The molecule has 3 heteroatoms. The van der Waals surface area contributed by atoms with Gasteiger partial charge in [-0.15, -0.1) is 0 Å². The van der Waals surface area contributed by atoms with Crippen LogP contribution < -0.4 is 0 Å². The van der Waals surface area contributed by atoms with Gasteiger partial charge in [0.25, 0.3) is 0 Å². The monoisotopic (exact) mass is 155 g/mol. The molecule has 1 aliphatic carbocycles. The Labute approximate surface area is 66.9 Å². The number of hydrogen-bond acceptors (Lipinski definition) is 3. The van der Waals surface area contributed by atoms with Gasteiger partial charge in [0.2, 0.25) is 0 Å². The average molecular weight is 155 g/mol. The maximum Gasteiger partial charge on any atom is 0.157 e. The fourth-order valence-electron chi connectivity index (χ4n) is 1.41. The molecule has 0 heterocycles. The van der Waals surface area contributed by atoms with Crippen molar-refractivity contribution >= 4 is 0 Å². The molecule has 0 unspecified atom stereocenters. The largest absolute Gasteiger partial charge is 0.359 e. The molecule has 1 aliphatic rings. The van der Waals surface area contributed by atoms with Crippen LogP contribution in [0.15, 0.2) is 0 Å². The van der Waals surface area contributed by atoms with E-state index in [1.165, 1.54) is 0 Å². The van der Waals surface area contributed by atoms with Gasteiger partial charge in [0.15, 0.2) is 5.60 Å². The SMILES string of the molecule is COCOC1(C#N)CCCC1. The van der Waals surface area contributed by atoms with E-state index in [2.05, 4.69) is 6.07 Å². The average Bonchev–Trinajstić information content (AvgIpc) is 2.50. The van der Waals surface area contributed by atoms with Crippen molar-refractivity contribution in [1.29, 1.82) is 5.26 Å². The Morgan fingerprint density at radius 1 is 1.45 bits per heavy atom. The first-order valence-electron chi connectivity index (χ1n) is 3.87. The molecule has 0 aromatic rings. The van der Waals surface area contributed by atoms with E-state index in [-0.39, 0.29) is 6.79 Å². The molecule has 1 rings (SSSR count). The lowest BCUT2D eigenvalue weighted by Gasteiger charge is -2.19. The van der Waals surface area contributed by atoms with E-state index >= 15 is 0 Å². The van der Waals surface area contributed by atoms with Crippen molar-refractivity contribution in [1.82, 2.24) is 0 Å². The highest BCUT2D eigenvalue weighted by Crippen LogP contribution is 2.32. The van der Waals surface area contributed by atoms with E-state index in [0.717, 1.165) is 25.7 Å². The van der Waals surface area contributed by atoms with Gasteiger partial charge in [-0.3, -0.25) is 0 Å². The molecule has 0 aromatic heterocycles. The van der Waals surface area contributed by atoms with Crippen molar-refractivity contribution in [2.75, 3.05) is 13.9 Å². The first-order valence-corrected chi connectivity index (χ1v) is 3.87. The minimum Gasteiger partial charge on any atom is -0.359 e. The van der Waals surface area contributed by atoms with Crippen LogP contribution in [-0.2, 0) is 9.47 Å². The summed E-state index contributed by atoms with van der Waals surface area (Å²) >= 11 is 0. The van der Waals surface area contributed by atoms with Crippen molar-refractivity contribution in [3.05, 3.63) is 0 Å². The van der Waals surface area contributed by atoms with Crippen LogP contribution in [0.1, 0.15) is 25.7 Å². The molecule has 1 fully saturated rings. The lowest BCUT2D eigenvalue weighted by Crippen LogP contribution is -2.27. The smallest absolute Gasteiger partial charge is 0.157 e. The van der Waals surface area contributed by atoms with Crippen molar-refractivity contribution < 1.29 is 9.47 Å². The van der Waals surface area contributed by atoms with Crippen molar-refractivity contribution in [2.45, 2.75) is 31.3 Å². The summed E-state index contributed by atoms with van der Waals surface area (Å²) in [5, 5.41) is 8.81. The van der Waals surface area contributed by atoms with E-state index in [9.17, 15) is 0 Å². The summed E-state index contributed by atoms with van der Waals surface area (Å²) in [6.45, 7) is 0.230. The topological polar surface area (TPSA) is 42.2 Å². The van der Waals surface area contributed by atoms with Gasteiger partial charge in [-0.2, -0.15) is 5.26 Å². The Balaban J connectivity index is 2.41. The van der Waals surface area contributed by atoms with Crippen molar-refractivity contribution in [2.24, 2.45) is 0 Å². The van der Waals surface area contributed by atoms with Crippen LogP contribution in [0.4, 0.5) is 0 Å². The van der Waals surface area contributed by atoms with Gasteiger partial charge in [0, 0.05) is 7.11 Å². The number of hydrogen-bond donors (Lipinski definition) is 0. The van der Waals surface area contributed by atoms with Gasteiger partial charge in [0.05, 0.1) is 6.07 Å². The van der Waals surface area contributed by atoms with Crippen LogP contribution in [0.3, 0.4) is 0 Å². The highest BCUT2D eigenvalue weighted by molar-refractivity contribution is 5.04. The van der Waals surface area contributed by atoms with Gasteiger partial charge in [-0.25, -0.2) is 0 Å². The summed E-state index contributed by atoms with van der Waals surface area (Å²) in [7, 11) is 1.57. The predicted molar refractivity (Wildman–Crippen MR) is 39.8 cm³/mol. The third kappa shape index (κ3) is 1.92. The molecule has 3 nitrogen and oxygen atoms in total. The number of methoxy groups -OCH3 is 1. The van der Waals surface area contributed by atoms with Gasteiger partial charge in [-0.1, -0.05) is 0 Å². The summed E-state index contributed by atoms with van der Waals surface area (Å²) in [4.78, 5) is 0. The Bertz CT molecular complexity index is 156. The molecule has 0 radical (unpaired) electrons.